The molecule has 1 rings (SSSR count). The number of hydrogen-bond acceptors (Lipinski definition) is 4. The number of carbonyl (C=O) groups excluding carboxylic acids is 2. The molecule has 0 N–H and O–H groups in total. The van der Waals surface area contributed by atoms with Gasteiger partial charge in [0, 0.05) is 0 Å². The lowest BCUT2D eigenvalue weighted by Crippen LogP contribution is -2.15. The van der Waals surface area contributed by atoms with E-state index < -0.39 is 5.97 Å². The van der Waals surface area contributed by atoms with Gasteiger partial charge in [-0.25, -0.2) is 4.79 Å². The number of esters is 2. The summed E-state index contributed by atoms with van der Waals surface area (Å²) >= 11 is 0. The largest absolute Gasteiger partial charge is 0.465 e. The topological polar surface area (TPSA) is 52.6 Å². The molecule has 0 aliphatic carbocycles. The zero-order valence-corrected chi connectivity index (χ0v) is 12.6. The zero-order valence-electron chi connectivity index (χ0n) is 12.6. The molecule has 0 fully saturated rings. The van der Waals surface area contributed by atoms with Gasteiger partial charge in [-0.05, 0) is 31.4 Å². The van der Waals surface area contributed by atoms with Gasteiger partial charge in [-0.15, -0.1) is 0 Å². The van der Waals surface area contributed by atoms with Gasteiger partial charge in [0.2, 0.25) is 0 Å². The van der Waals surface area contributed by atoms with E-state index >= 15 is 0 Å². The molecule has 0 aromatic heterocycles. The van der Waals surface area contributed by atoms with E-state index in [2.05, 4.69) is 0 Å². The highest BCUT2D eigenvalue weighted by Crippen LogP contribution is 2.15. The molecule has 0 spiro atoms. The van der Waals surface area contributed by atoms with Crippen LogP contribution in [0.25, 0.3) is 0 Å². The third-order valence-corrected chi connectivity index (χ3v) is 2.67. The molecular formula is C16H22O4. The molecule has 0 saturated heterocycles. The van der Waals surface area contributed by atoms with E-state index in [-0.39, 0.29) is 12.4 Å². The summed E-state index contributed by atoms with van der Waals surface area (Å²) in [5, 5.41) is 0. The Labute approximate surface area is 120 Å². The van der Waals surface area contributed by atoms with Crippen molar-refractivity contribution in [3.05, 3.63) is 34.9 Å². The SMILES string of the molecule is CCOC(=O)c1ccc(C)cc1CC(=O)OCC(C)C. The van der Waals surface area contributed by atoms with Gasteiger partial charge in [-0.1, -0.05) is 31.5 Å². The number of rotatable bonds is 6. The Kier molecular flexibility index (Phi) is 6.22. The van der Waals surface area contributed by atoms with Crippen molar-refractivity contribution in [3.8, 4) is 0 Å². The van der Waals surface area contributed by atoms with Crippen molar-refractivity contribution in [1.82, 2.24) is 0 Å². The van der Waals surface area contributed by atoms with E-state index in [4.69, 9.17) is 9.47 Å². The number of benzene rings is 1. The molecule has 1 aromatic rings. The molecule has 0 aliphatic rings. The summed E-state index contributed by atoms with van der Waals surface area (Å²) in [5.74, 6) is -0.435. The van der Waals surface area contributed by atoms with E-state index in [1.54, 1.807) is 13.0 Å². The van der Waals surface area contributed by atoms with Gasteiger partial charge < -0.3 is 9.47 Å². The van der Waals surface area contributed by atoms with E-state index in [0.717, 1.165) is 5.56 Å². The van der Waals surface area contributed by atoms with Gasteiger partial charge in [-0.2, -0.15) is 0 Å². The molecule has 0 amide bonds. The molecule has 0 radical (unpaired) electrons. The highest BCUT2D eigenvalue weighted by molar-refractivity contribution is 5.92. The standard InChI is InChI=1S/C16H22O4/c1-5-19-16(18)14-7-6-12(4)8-13(14)9-15(17)20-10-11(2)3/h6-8,11H,5,9-10H2,1-4H3. The van der Waals surface area contributed by atoms with Crippen LogP contribution in [0.15, 0.2) is 18.2 Å². The number of ether oxygens (including phenoxy) is 2. The predicted molar refractivity (Wildman–Crippen MR) is 76.6 cm³/mol. The maximum absolute atomic E-state index is 11.9. The van der Waals surface area contributed by atoms with Crippen molar-refractivity contribution in [3.63, 3.8) is 0 Å². The van der Waals surface area contributed by atoms with Gasteiger partial charge in [0.25, 0.3) is 0 Å². The minimum absolute atomic E-state index is 0.0859. The number of aryl methyl sites for hydroxylation is 1. The average molecular weight is 278 g/mol. The van der Waals surface area contributed by atoms with Gasteiger partial charge in [0.1, 0.15) is 0 Å². The van der Waals surface area contributed by atoms with Crippen LogP contribution in [0, 0.1) is 12.8 Å². The molecule has 0 saturated carbocycles. The van der Waals surface area contributed by atoms with Crippen LogP contribution in [-0.4, -0.2) is 25.2 Å². The Bertz CT molecular complexity index is 477. The summed E-state index contributed by atoms with van der Waals surface area (Å²) in [4.78, 5) is 23.6. The molecular weight excluding hydrogens is 256 g/mol. The summed E-state index contributed by atoms with van der Waals surface area (Å²) in [6.07, 6.45) is 0.0859. The normalized spacial score (nSPS) is 10.4. The van der Waals surface area contributed by atoms with Crippen LogP contribution < -0.4 is 0 Å². The minimum atomic E-state index is -0.404. The van der Waals surface area contributed by atoms with Gasteiger partial charge >= 0.3 is 11.9 Å². The van der Waals surface area contributed by atoms with Crippen molar-refractivity contribution < 1.29 is 19.1 Å². The average Bonchev–Trinajstić information content (AvgIpc) is 2.36. The van der Waals surface area contributed by atoms with Gasteiger partial charge in [0.15, 0.2) is 0 Å². The lowest BCUT2D eigenvalue weighted by atomic mass is 10.0. The summed E-state index contributed by atoms with van der Waals surface area (Å²) < 4.78 is 10.1. The smallest absolute Gasteiger partial charge is 0.338 e. The van der Waals surface area contributed by atoms with Crippen molar-refractivity contribution >= 4 is 11.9 Å². The first-order chi connectivity index (χ1) is 9.43. The molecule has 0 aliphatic heterocycles. The second-order valence-corrected chi connectivity index (χ2v) is 5.13. The molecule has 110 valence electrons. The van der Waals surface area contributed by atoms with Crippen molar-refractivity contribution in [2.75, 3.05) is 13.2 Å². The van der Waals surface area contributed by atoms with Crippen molar-refractivity contribution in [1.29, 1.82) is 0 Å². The quantitative estimate of drug-likeness (QED) is 0.751. The molecule has 4 nitrogen and oxygen atoms in total. The number of hydrogen-bond donors (Lipinski definition) is 0. The summed E-state index contributed by atoms with van der Waals surface area (Å²) in [5.41, 5.74) is 2.07. The maximum atomic E-state index is 11.9. The van der Waals surface area contributed by atoms with Crippen LogP contribution >= 0.6 is 0 Å². The van der Waals surface area contributed by atoms with Crippen LogP contribution in [0.4, 0.5) is 0 Å². The molecule has 1 aromatic carbocycles. The molecule has 0 unspecified atom stereocenters. The van der Waals surface area contributed by atoms with Gasteiger partial charge in [-0.3, -0.25) is 4.79 Å². The van der Waals surface area contributed by atoms with Crippen LogP contribution in [0.2, 0.25) is 0 Å². The third-order valence-electron chi connectivity index (χ3n) is 2.67. The van der Waals surface area contributed by atoms with Crippen LogP contribution in [0.5, 0.6) is 0 Å². The fourth-order valence-electron chi connectivity index (χ4n) is 1.74. The van der Waals surface area contributed by atoms with Gasteiger partial charge in [0.05, 0.1) is 25.2 Å². The van der Waals surface area contributed by atoms with E-state index in [0.29, 0.717) is 30.3 Å². The lowest BCUT2D eigenvalue weighted by molar-refractivity contribution is -0.143. The third kappa shape index (κ3) is 5.03. The van der Waals surface area contributed by atoms with Crippen LogP contribution in [0.1, 0.15) is 42.3 Å². The minimum Gasteiger partial charge on any atom is -0.465 e. The first-order valence-electron chi connectivity index (χ1n) is 6.86. The molecule has 0 heterocycles. The molecule has 4 heteroatoms. The summed E-state index contributed by atoms with van der Waals surface area (Å²) in [7, 11) is 0. The summed E-state index contributed by atoms with van der Waals surface area (Å²) in [6, 6.07) is 5.34. The fourth-order valence-corrected chi connectivity index (χ4v) is 1.74. The van der Waals surface area contributed by atoms with Crippen molar-refractivity contribution in [2.24, 2.45) is 5.92 Å². The van der Waals surface area contributed by atoms with Crippen LogP contribution in [0.3, 0.4) is 0 Å². The Balaban J connectivity index is 2.84. The fraction of sp³-hybridized carbons (Fsp3) is 0.500. The second-order valence-electron chi connectivity index (χ2n) is 5.13. The Hall–Kier alpha value is -1.84. The highest BCUT2D eigenvalue weighted by Gasteiger charge is 2.16. The van der Waals surface area contributed by atoms with Crippen molar-refractivity contribution in [2.45, 2.75) is 34.1 Å². The Morgan fingerprint density at radius 3 is 2.50 bits per heavy atom. The highest BCUT2D eigenvalue weighted by atomic mass is 16.5. The summed E-state index contributed by atoms with van der Waals surface area (Å²) in [6.45, 7) is 8.32. The maximum Gasteiger partial charge on any atom is 0.338 e. The number of carbonyl (C=O) groups is 2. The Morgan fingerprint density at radius 2 is 1.90 bits per heavy atom. The molecule has 20 heavy (non-hydrogen) atoms. The zero-order chi connectivity index (χ0) is 15.1. The lowest BCUT2D eigenvalue weighted by Gasteiger charge is -2.11. The Morgan fingerprint density at radius 1 is 1.20 bits per heavy atom. The molecule has 0 atom stereocenters. The predicted octanol–water partition coefficient (Wildman–Crippen LogP) is 2.91. The second kappa shape index (κ2) is 7.68. The van der Waals surface area contributed by atoms with E-state index in [1.165, 1.54) is 0 Å². The van der Waals surface area contributed by atoms with E-state index in [9.17, 15) is 9.59 Å². The monoisotopic (exact) mass is 278 g/mol. The first kappa shape index (κ1) is 16.2. The first-order valence-corrected chi connectivity index (χ1v) is 6.86. The molecule has 0 bridgehead atoms. The van der Waals surface area contributed by atoms with E-state index in [1.807, 2.05) is 32.9 Å². The van der Waals surface area contributed by atoms with Crippen LogP contribution in [-0.2, 0) is 20.7 Å².